The number of rotatable bonds is 2. The van der Waals surface area contributed by atoms with Crippen molar-refractivity contribution in [1.82, 2.24) is 4.57 Å². The Bertz CT molecular complexity index is 620. The van der Waals surface area contributed by atoms with Crippen LogP contribution in [-0.4, -0.2) is 17.1 Å². The minimum absolute atomic E-state index is 0.297. The number of nitriles is 1. The molecule has 0 aliphatic carbocycles. The van der Waals surface area contributed by atoms with Crippen molar-refractivity contribution in [3.8, 4) is 6.07 Å². The Morgan fingerprint density at radius 1 is 1.47 bits per heavy atom. The van der Waals surface area contributed by atoms with Gasteiger partial charge >= 0.3 is 5.97 Å². The van der Waals surface area contributed by atoms with E-state index in [9.17, 15) is 10.1 Å². The number of benzene rings is 1. The molecule has 2 aromatic rings. The highest BCUT2D eigenvalue weighted by molar-refractivity contribution is 6.00. The number of carbonyl (C=O) groups excluding carboxylic acids is 1. The molecule has 0 saturated heterocycles. The molecule has 4 heteroatoms. The second-order valence-electron chi connectivity index (χ2n) is 3.63. The van der Waals surface area contributed by atoms with Gasteiger partial charge < -0.3 is 9.30 Å². The summed E-state index contributed by atoms with van der Waals surface area (Å²) >= 11 is 0. The molecule has 17 heavy (non-hydrogen) atoms. The van der Waals surface area contributed by atoms with E-state index in [1.54, 1.807) is 18.5 Å². The first-order chi connectivity index (χ1) is 8.20. The SMILES string of the molecule is CCOC(=O)c1c(C#N)c2ccccc2n1C. The highest BCUT2D eigenvalue weighted by atomic mass is 16.5. The van der Waals surface area contributed by atoms with Crippen LogP contribution in [0.1, 0.15) is 23.0 Å². The molecule has 0 unspecified atom stereocenters. The molecule has 0 fully saturated rings. The Morgan fingerprint density at radius 3 is 2.82 bits per heavy atom. The summed E-state index contributed by atoms with van der Waals surface area (Å²) in [6.45, 7) is 2.04. The minimum atomic E-state index is -0.456. The topological polar surface area (TPSA) is 55.0 Å². The van der Waals surface area contributed by atoms with Crippen molar-refractivity contribution < 1.29 is 9.53 Å². The molecule has 0 radical (unpaired) electrons. The van der Waals surface area contributed by atoms with Crippen molar-refractivity contribution in [3.63, 3.8) is 0 Å². The fraction of sp³-hybridized carbons (Fsp3) is 0.231. The number of nitrogens with zero attached hydrogens (tertiary/aromatic N) is 2. The zero-order valence-electron chi connectivity index (χ0n) is 9.73. The molecule has 1 aromatic heterocycles. The van der Waals surface area contributed by atoms with E-state index in [-0.39, 0.29) is 0 Å². The summed E-state index contributed by atoms with van der Waals surface area (Å²) in [5.41, 5.74) is 1.55. The standard InChI is InChI=1S/C13H12N2O2/c1-3-17-13(16)12-10(8-14)9-6-4-5-7-11(9)15(12)2/h4-7H,3H2,1-2H3. The second kappa shape index (κ2) is 4.30. The van der Waals surface area contributed by atoms with Crippen molar-refractivity contribution >= 4 is 16.9 Å². The first-order valence-electron chi connectivity index (χ1n) is 5.35. The second-order valence-corrected chi connectivity index (χ2v) is 3.63. The first kappa shape index (κ1) is 11.2. The number of esters is 1. The molecular weight excluding hydrogens is 216 g/mol. The Hall–Kier alpha value is -2.28. The molecular formula is C13H12N2O2. The summed E-state index contributed by atoms with van der Waals surface area (Å²) < 4.78 is 6.67. The fourth-order valence-corrected chi connectivity index (χ4v) is 1.94. The zero-order chi connectivity index (χ0) is 12.4. The zero-order valence-corrected chi connectivity index (χ0v) is 9.73. The molecule has 0 N–H and O–H groups in total. The van der Waals surface area contributed by atoms with Crippen LogP contribution in [0.4, 0.5) is 0 Å². The number of aryl methyl sites for hydroxylation is 1. The number of hydrogen-bond acceptors (Lipinski definition) is 3. The average Bonchev–Trinajstić information content (AvgIpc) is 2.63. The molecule has 0 saturated carbocycles. The van der Waals surface area contributed by atoms with E-state index in [0.29, 0.717) is 17.9 Å². The summed E-state index contributed by atoms with van der Waals surface area (Å²) in [7, 11) is 1.76. The van der Waals surface area contributed by atoms with Crippen LogP contribution in [0.2, 0.25) is 0 Å². The maximum absolute atomic E-state index is 11.8. The van der Waals surface area contributed by atoms with Gasteiger partial charge in [-0.3, -0.25) is 0 Å². The molecule has 0 bridgehead atoms. The van der Waals surface area contributed by atoms with Crippen LogP contribution in [0.3, 0.4) is 0 Å². The summed E-state index contributed by atoms with van der Waals surface area (Å²) in [5.74, 6) is -0.456. The summed E-state index contributed by atoms with van der Waals surface area (Å²) in [6.07, 6.45) is 0. The van der Waals surface area contributed by atoms with Gasteiger partial charge in [-0.15, -0.1) is 0 Å². The van der Waals surface area contributed by atoms with E-state index >= 15 is 0 Å². The average molecular weight is 228 g/mol. The van der Waals surface area contributed by atoms with Crippen LogP contribution in [0.5, 0.6) is 0 Å². The quantitative estimate of drug-likeness (QED) is 0.740. The van der Waals surface area contributed by atoms with E-state index in [1.165, 1.54) is 0 Å². The van der Waals surface area contributed by atoms with Crippen molar-refractivity contribution in [2.45, 2.75) is 6.92 Å². The Kier molecular flexibility index (Phi) is 2.84. The lowest BCUT2D eigenvalue weighted by Gasteiger charge is -2.03. The highest BCUT2D eigenvalue weighted by Crippen LogP contribution is 2.24. The van der Waals surface area contributed by atoms with Gasteiger partial charge in [-0.2, -0.15) is 5.26 Å². The van der Waals surface area contributed by atoms with Gasteiger partial charge in [-0.25, -0.2) is 4.79 Å². The van der Waals surface area contributed by atoms with Gasteiger partial charge in [0.15, 0.2) is 0 Å². The maximum atomic E-state index is 11.8. The smallest absolute Gasteiger partial charge is 0.356 e. The van der Waals surface area contributed by atoms with E-state index in [2.05, 4.69) is 6.07 Å². The first-order valence-corrected chi connectivity index (χ1v) is 5.35. The van der Waals surface area contributed by atoms with E-state index in [0.717, 1.165) is 10.9 Å². The van der Waals surface area contributed by atoms with Gasteiger partial charge in [0.2, 0.25) is 0 Å². The summed E-state index contributed by atoms with van der Waals surface area (Å²) in [4.78, 5) is 11.8. The molecule has 0 atom stereocenters. The number of ether oxygens (including phenoxy) is 1. The third-order valence-corrected chi connectivity index (χ3v) is 2.69. The van der Waals surface area contributed by atoms with E-state index in [1.807, 2.05) is 24.3 Å². The van der Waals surface area contributed by atoms with Crippen molar-refractivity contribution in [2.24, 2.45) is 7.05 Å². The fourth-order valence-electron chi connectivity index (χ4n) is 1.94. The molecule has 1 aromatic carbocycles. The van der Waals surface area contributed by atoms with Crippen LogP contribution in [0.15, 0.2) is 24.3 Å². The summed E-state index contributed by atoms with van der Waals surface area (Å²) in [6, 6.07) is 9.50. The number of aromatic nitrogens is 1. The van der Waals surface area contributed by atoms with Crippen LogP contribution < -0.4 is 0 Å². The van der Waals surface area contributed by atoms with Crippen molar-refractivity contribution in [2.75, 3.05) is 6.61 Å². The van der Waals surface area contributed by atoms with Gasteiger partial charge in [0.05, 0.1) is 12.2 Å². The van der Waals surface area contributed by atoms with Crippen LogP contribution >= 0.6 is 0 Å². The lowest BCUT2D eigenvalue weighted by atomic mass is 10.1. The lowest BCUT2D eigenvalue weighted by Crippen LogP contribution is -2.11. The Labute approximate surface area is 99.0 Å². The molecule has 2 rings (SSSR count). The number of hydrogen-bond donors (Lipinski definition) is 0. The highest BCUT2D eigenvalue weighted by Gasteiger charge is 2.21. The predicted molar refractivity (Wildman–Crippen MR) is 63.6 cm³/mol. The van der Waals surface area contributed by atoms with Gasteiger partial charge in [0.25, 0.3) is 0 Å². The minimum Gasteiger partial charge on any atom is -0.461 e. The Morgan fingerprint density at radius 2 is 2.18 bits per heavy atom. The summed E-state index contributed by atoms with van der Waals surface area (Å²) in [5, 5.41) is 9.95. The molecule has 86 valence electrons. The number of carbonyl (C=O) groups is 1. The third-order valence-electron chi connectivity index (χ3n) is 2.69. The van der Waals surface area contributed by atoms with Gasteiger partial charge in [0.1, 0.15) is 11.8 Å². The van der Waals surface area contributed by atoms with E-state index in [4.69, 9.17) is 4.74 Å². The maximum Gasteiger partial charge on any atom is 0.356 e. The molecule has 0 amide bonds. The van der Waals surface area contributed by atoms with Crippen molar-refractivity contribution in [3.05, 3.63) is 35.5 Å². The van der Waals surface area contributed by atoms with Gasteiger partial charge in [0, 0.05) is 18.0 Å². The number of para-hydroxylation sites is 1. The monoisotopic (exact) mass is 228 g/mol. The van der Waals surface area contributed by atoms with Crippen LogP contribution in [0.25, 0.3) is 10.9 Å². The Balaban J connectivity index is 2.75. The number of fused-ring (bicyclic) bond motifs is 1. The predicted octanol–water partition coefficient (Wildman–Crippen LogP) is 2.23. The van der Waals surface area contributed by atoms with Gasteiger partial charge in [-0.05, 0) is 13.0 Å². The van der Waals surface area contributed by atoms with Gasteiger partial charge in [-0.1, -0.05) is 18.2 Å². The van der Waals surface area contributed by atoms with E-state index < -0.39 is 5.97 Å². The molecule has 1 heterocycles. The molecule has 4 nitrogen and oxygen atoms in total. The van der Waals surface area contributed by atoms with Crippen LogP contribution in [-0.2, 0) is 11.8 Å². The third kappa shape index (κ3) is 1.66. The normalized spacial score (nSPS) is 10.2. The molecule has 0 spiro atoms. The lowest BCUT2D eigenvalue weighted by molar-refractivity contribution is 0.0515. The molecule has 0 aliphatic rings. The molecule has 0 aliphatic heterocycles. The van der Waals surface area contributed by atoms with Crippen LogP contribution in [0, 0.1) is 11.3 Å². The van der Waals surface area contributed by atoms with Crippen molar-refractivity contribution in [1.29, 1.82) is 5.26 Å². The largest absolute Gasteiger partial charge is 0.461 e.